The number of likely N-dealkylation sites (N-methyl/N-ethyl adjacent to an activating group) is 1. The minimum atomic E-state index is -0.809. The molecular weight excluding hydrogens is 454 g/mol. The third-order valence-corrected chi connectivity index (χ3v) is 6.86. The monoisotopic (exact) mass is 481 g/mol. The molecule has 2 atom stereocenters. The summed E-state index contributed by atoms with van der Waals surface area (Å²) in [5.74, 6) is 0.431. The number of hydrogen-bond donors (Lipinski definition) is 2. The molecular formula is C29H27N3O4. The Kier molecular flexibility index (Phi) is 6.40. The number of carbonyl (C=O) groups is 1. The predicted octanol–water partition coefficient (Wildman–Crippen LogP) is 5.08. The fraction of sp³-hybridized carbons (Fsp3) is 0.207. The molecule has 182 valence electrons. The maximum atomic E-state index is 12.6. The van der Waals surface area contributed by atoms with Crippen molar-refractivity contribution in [3.8, 4) is 33.9 Å². The van der Waals surface area contributed by atoms with Gasteiger partial charge in [-0.3, -0.25) is 14.5 Å². The van der Waals surface area contributed by atoms with Gasteiger partial charge in [0.05, 0.1) is 0 Å². The molecule has 7 nitrogen and oxygen atoms in total. The number of rotatable bonds is 6. The number of aromatic amines is 1. The van der Waals surface area contributed by atoms with Crippen LogP contribution in [0.5, 0.6) is 11.5 Å². The van der Waals surface area contributed by atoms with E-state index in [-0.39, 0.29) is 11.5 Å². The van der Waals surface area contributed by atoms with Crippen molar-refractivity contribution in [2.24, 2.45) is 0 Å². The van der Waals surface area contributed by atoms with Crippen LogP contribution in [0.4, 0.5) is 0 Å². The Balaban J connectivity index is 1.57. The summed E-state index contributed by atoms with van der Waals surface area (Å²) >= 11 is 0. The molecule has 1 aliphatic rings. The summed E-state index contributed by atoms with van der Waals surface area (Å²) < 4.78 is 6.16. The Morgan fingerprint density at radius 2 is 1.72 bits per heavy atom. The lowest BCUT2D eigenvalue weighted by molar-refractivity contribution is -0.142. The van der Waals surface area contributed by atoms with Crippen LogP contribution in [0.1, 0.15) is 23.5 Å². The largest absolute Gasteiger partial charge is 0.480 e. The second-order valence-corrected chi connectivity index (χ2v) is 9.09. The summed E-state index contributed by atoms with van der Waals surface area (Å²) in [4.78, 5) is 26.3. The highest BCUT2D eigenvalue weighted by molar-refractivity contribution is 5.85. The van der Waals surface area contributed by atoms with Crippen LogP contribution in [0, 0.1) is 6.92 Å². The predicted molar refractivity (Wildman–Crippen MR) is 138 cm³/mol. The van der Waals surface area contributed by atoms with Gasteiger partial charge in [-0.05, 0) is 62.3 Å². The fourth-order valence-electron chi connectivity index (χ4n) is 5.01. The van der Waals surface area contributed by atoms with Crippen molar-refractivity contribution in [1.29, 1.82) is 0 Å². The molecule has 0 spiro atoms. The Bertz CT molecular complexity index is 1450. The average Bonchev–Trinajstić information content (AvgIpc) is 3.28. The molecule has 1 saturated heterocycles. The maximum Gasteiger partial charge on any atom is 0.321 e. The van der Waals surface area contributed by atoms with Gasteiger partial charge in [-0.2, -0.15) is 5.10 Å². The minimum absolute atomic E-state index is 0.0839. The van der Waals surface area contributed by atoms with Crippen LogP contribution in [0.2, 0.25) is 0 Å². The van der Waals surface area contributed by atoms with Crippen LogP contribution in [-0.4, -0.2) is 45.8 Å². The van der Waals surface area contributed by atoms with E-state index in [1.807, 2.05) is 90.8 Å². The van der Waals surface area contributed by atoms with Gasteiger partial charge in [0.15, 0.2) is 0 Å². The first kappa shape index (κ1) is 23.5. The van der Waals surface area contributed by atoms with Gasteiger partial charge in [-0.1, -0.05) is 54.6 Å². The Labute approximate surface area is 209 Å². The van der Waals surface area contributed by atoms with Gasteiger partial charge in [-0.15, -0.1) is 0 Å². The topological polar surface area (TPSA) is 95.5 Å². The van der Waals surface area contributed by atoms with Crippen molar-refractivity contribution in [2.45, 2.75) is 25.3 Å². The molecule has 7 heteroatoms. The fourth-order valence-corrected chi connectivity index (χ4v) is 5.01. The summed E-state index contributed by atoms with van der Waals surface area (Å²) in [6.45, 7) is 2.52. The van der Waals surface area contributed by atoms with Crippen molar-refractivity contribution in [3.05, 3.63) is 100 Å². The number of ether oxygens (including phenoxy) is 1. The average molecular weight is 482 g/mol. The van der Waals surface area contributed by atoms with Gasteiger partial charge in [0.1, 0.15) is 23.2 Å². The van der Waals surface area contributed by atoms with Crippen molar-refractivity contribution < 1.29 is 14.6 Å². The lowest BCUT2D eigenvalue weighted by Crippen LogP contribution is -2.36. The highest BCUT2D eigenvalue weighted by Crippen LogP contribution is 2.39. The van der Waals surface area contributed by atoms with Crippen molar-refractivity contribution >= 4 is 5.97 Å². The Hall–Kier alpha value is -4.23. The van der Waals surface area contributed by atoms with E-state index in [2.05, 4.69) is 10.2 Å². The van der Waals surface area contributed by atoms with Gasteiger partial charge in [0, 0.05) is 22.6 Å². The van der Waals surface area contributed by atoms with Gasteiger partial charge in [-0.25, -0.2) is 5.10 Å². The number of aromatic nitrogens is 2. The first-order chi connectivity index (χ1) is 17.4. The van der Waals surface area contributed by atoms with E-state index in [1.54, 1.807) is 6.92 Å². The number of aliphatic carboxylic acids is 1. The summed E-state index contributed by atoms with van der Waals surface area (Å²) in [5, 5.41) is 16.8. The minimum Gasteiger partial charge on any atom is -0.480 e. The highest BCUT2D eigenvalue weighted by Gasteiger charge is 2.38. The number of H-pyrrole nitrogens is 1. The van der Waals surface area contributed by atoms with Crippen LogP contribution in [0.3, 0.4) is 0 Å². The van der Waals surface area contributed by atoms with Gasteiger partial charge in [0.25, 0.3) is 5.56 Å². The Morgan fingerprint density at radius 3 is 2.44 bits per heavy atom. The van der Waals surface area contributed by atoms with E-state index in [0.717, 1.165) is 29.7 Å². The number of para-hydroxylation sites is 2. The lowest BCUT2D eigenvalue weighted by atomic mass is 9.89. The van der Waals surface area contributed by atoms with Crippen LogP contribution >= 0.6 is 0 Å². The van der Waals surface area contributed by atoms with E-state index < -0.39 is 12.0 Å². The van der Waals surface area contributed by atoms with Crippen LogP contribution in [0.25, 0.3) is 22.4 Å². The number of likely N-dealkylation sites (tertiary alicyclic amines) is 1. The zero-order valence-electron chi connectivity index (χ0n) is 20.1. The maximum absolute atomic E-state index is 12.6. The highest BCUT2D eigenvalue weighted by atomic mass is 16.5. The standard InChI is InChI=1S/C29H27N3O4/c1-18-25(20-14-12-19(13-15-20)22-16-17-32(2)27(22)29(34)35)26(30-31-28(18)33)23-10-6-7-11-24(23)36-21-8-4-3-5-9-21/h3-15,22,27H,16-17H2,1-2H3,(H,31,33)(H,34,35)/t22?,27-/m0/s1. The van der Waals surface area contributed by atoms with E-state index in [9.17, 15) is 14.7 Å². The zero-order chi connectivity index (χ0) is 25.2. The summed E-state index contributed by atoms with van der Waals surface area (Å²) in [5.41, 5.74) is 4.16. The van der Waals surface area contributed by atoms with Gasteiger partial charge in [0.2, 0.25) is 0 Å². The molecule has 2 N–H and O–H groups in total. The van der Waals surface area contributed by atoms with Crippen LogP contribution in [-0.2, 0) is 4.79 Å². The number of hydrogen-bond acceptors (Lipinski definition) is 5. The van der Waals surface area contributed by atoms with Gasteiger partial charge < -0.3 is 9.84 Å². The number of nitrogens with one attached hydrogen (secondary N) is 1. The first-order valence-corrected chi connectivity index (χ1v) is 11.9. The number of benzene rings is 3. The molecule has 4 aromatic rings. The first-order valence-electron chi connectivity index (χ1n) is 11.9. The SMILES string of the molecule is Cc1c(-c2ccc(C3CCN(C)[C@@H]3C(=O)O)cc2)c(-c2ccccc2Oc2ccccc2)n[nH]c1=O. The number of carboxylic acids is 1. The van der Waals surface area contributed by atoms with Crippen molar-refractivity contribution in [2.75, 3.05) is 13.6 Å². The van der Waals surface area contributed by atoms with Crippen molar-refractivity contribution in [1.82, 2.24) is 15.1 Å². The molecule has 2 heterocycles. The molecule has 0 aliphatic carbocycles. The number of carboxylic acid groups (broad SMARTS) is 1. The summed E-state index contributed by atoms with van der Waals surface area (Å²) in [6, 6.07) is 24.4. The molecule has 5 rings (SSSR count). The molecule has 1 fully saturated rings. The molecule has 0 saturated carbocycles. The quantitative estimate of drug-likeness (QED) is 0.399. The molecule has 3 aromatic carbocycles. The van der Waals surface area contributed by atoms with Crippen molar-refractivity contribution in [3.63, 3.8) is 0 Å². The van der Waals surface area contributed by atoms with E-state index in [1.165, 1.54) is 0 Å². The smallest absolute Gasteiger partial charge is 0.321 e. The molecule has 1 aromatic heterocycles. The van der Waals surface area contributed by atoms with E-state index in [4.69, 9.17) is 4.74 Å². The lowest BCUT2D eigenvalue weighted by Gasteiger charge is -2.21. The van der Waals surface area contributed by atoms with Crippen LogP contribution < -0.4 is 10.3 Å². The molecule has 1 aliphatic heterocycles. The second kappa shape index (κ2) is 9.79. The van der Waals surface area contributed by atoms with Crippen LogP contribution in [0.15, 0.2) is 83.7 Å². The molecule has 36 heavy (non-hydrogen) atoms. The normalized spacial score (nSPS) is 17.7. The van der Waals surface area contributed by atoms with E-state index >= 15 is 0 Å². The Morgan fingerprint density at radius 1 is 1.03 bits per heavy atom. The summed E-state index contributed by atoms with van der Waals surface area (Å²) in [7, 11) is 1.85. The molecule has 0 radical (unpaired) electrons. The van der Waals surface area contributed by atoms with Gasteiger partial charge >= 0.3 is 5.97 Å². The number of nitrogens with zero attached hydrogens (tertiary/aromatic N) is 2. The molecule has 0 amide bonds. The third kappa shape index (κ3) is 4.41. The summed E-state index contributed by atoms with van der Waals surface area (Å²) in [6.07, 6.45) is 0.786. The zero-order valence-corrected chi connectivity index (χ0v) is 20.1. The second-order valence-electron chi connectivity index (χ2n) is 9.09. The van der Waals surface area contributed by atoms with E-state index in [0.29, 0.717) is 28.3 Å². The molecule has 0 bridgehead atoms. The third-order valence-electron chi connectivity index (χ3n) is 6.86. The molecule has 1 unspecified atom stereocenters.